The Hall–Kier alpha value is -2.12. The third-order valence-electron chi connectivity index (χ3n) is 5.01. The number of benzene rings is 1. The quantitative estimate of drug-likeness (QED) is 0.844. The van der Waals surface area contributed by atoms with Crippen molar-refractivity contribution in [1.29, 1.82) is 0 Å². The molecule has 0 unspecified atom stereocenters. The Morgan fingerprint density at radius 1 is 1.00 bits per heavy atom. The van der Waals surface area contributed by atoms with Gasteiger partial charge in [0.25, 0.3) is 0 Å². The molecule has 5 nitrogen and oxygen atoms in total. The molecule has 7 heteroatoms. The van der Waals surface area contributed by atoms with Gasteiger partial charge in [0.15, 0.2) is 0 Å². The Balaban J connectivity index is 1.26. The average Bonchev–Trinajstić information content (AvgIpc) is 2.61. The third kappa shape index (κ3) is 3.62. The Morgan fingerprint density at radius 3 is 2.44 bits per heavy atom. The number of hydrogen-bond donors (Lipinski definition) is 0. The molecule has 1 aromatic carbocycles. The molecule has 4 rings (SSSR count). The maximum atomic E-state index is 13.7. The second-order valence-corrected chi connectivity index (χ2v) is 6.66. The summed E-state index contributed by atoms with van der Waals surface area (Å²) in [4.78, 5) is 15.4. The van der Waals surface area contributed by atoms with Gasteiger partial charge in [-0.05, 0) is 24.3 Å². The maximum absolute atomic E-state index is 13.7. The molecular weight excluding hydrogens is 324 g/mol. The number of piperazine rings is 1. The number of aromatic nitrogens is 2. The molecule has 2 aliphatic rings. The summed E-state index contributed by atoms with van der Waals surface area (Å²) < 4.78 is 27.0. The largest absolute Gasteiger partial charge is 0.338 e. The minimum absolute atomic E-state index is 0.332. The van der Waals surface area contributed by atoms with E-state index in [-0.39, 0.29) is 11.6 Å². The number of hydrogen-bond acceptors (Lipinski definition) is 5. The van der Waals surface area contributed by atoms with Gasteiger partial charge in [-0.15, -0.1) is 0 Å². The second-order valence-electron chi connectivity index (χ2n) is 6.66. The molecule has 2 aromatic rings. The van der Waals surface area contributed by atoms with E-state index in [1.165, 1.54) is 12.1 Å². The Labute approximate surface area is 145 Å². The first kappa shape index (κ1) is 16.4. The summed E-state index contributed by atoms with van der Waals surface area (Å²) in [6, 6.07) is 5.97. The van der Waals surface area contributed by atoms with E-state index in [4.69, 9.17) is 0 Å². The highest BCUT2D eigenvalue weighted by atomic mass is 19.1. The predicted octanol–water partition coefficient (Wildman–Crippen LogP) is 1.76. The second kappa shape index (κ2) is 7.01. The van der Waals surface area contributed by atoms with Gasteiger partial charge in [-0.3, -0.25) is 9.80 Å². The molecule has 0 spiro atoms. The Morgan fingerprint density at radius 2 is 1.72 bits per heavy atom. The van der Waals surface area contributed by atoms with Crippen molar-refractivity contribution in [2.75, 3.05) is 44.2 Å². The lowest BCUT2D eigenvalue weighted by Crippen LogP contribution is -2.62. The molecule has 0 aliphatic carbocycles. The summed E-state index contributed by atoms with van der Waals surface area (Å²) in [6.07, 6.45) is 3.54. The first-order valence-electron chi connectivity index (χ1n) is 8.61. The van der Waals surface area contributed by atoms with Gasteiger partial charge in [-0.1, -0.05) is 0 Å². The minimum Gasteiger partial charge on any atom is -0.338 e. The fraction of sp³-hybridized carbons (Fsp3) is 0.444. The topological polar surface area (TPSA) is 35.5 Å². The van der Waals surface area contributed by atoms with Gasteiger partial charge < -0.3 is 4.90 Å². The molecule has 0 amide bonds. The smallest absolute Gasteiger partial charge is 0.225 e. The van der Waals surface area contributed by atoms with E-state index in [9.17, 15) is 8.78 Å². The van der Waals surface area contributed by atoms with Crippen LogP contribution in [0.5, 0.6) is 0 Å². The molecular formula is C18H21F2N5. The van der Waals surface area contributed by atoms with Crippen LogP contribution in [-0.4, -0.2) is 65.1 Å². The van der Waals surface area contributed by atoms with Gasteiger partial charge in [0.05, 0.1) is 0 Å². The van der Waals surface area contributed by atoms with Crippen molar-refractivity contribution >= 4 is 5.95 Å². The lowest BCUT2D eigenvalue weighted by Gasteiger charge is -2.48. The van der Waals surface area contributed by atoms with Crippen LogP contribution >= 0.6 is 0 Å². The number of likely N-dealkylation sites (tertiary alicyclic amines) is 1. The van der Waals surface area contributed by atoms with E-state index in [2.05, 4.69) is 24.7 Å². The fourth-order valence-corrected chi connectivity index (χ4v) is 3.55. The van der Waals surface area contributed by atoms with Crippen molar-refractivity contribution in [3.05, 3.63) is 53.9 Å². The van der Waals surface area contributed by atoms with E-state index in [0.29, 0.717) is 18.2 Å². The maximum Gasteiger partial charge on any atom is 0.225 e. The van der Waals surface area contributed by atoms with E-state index in [1.54, 1.807) is 12.4 Å². The Kier molecular flexibility index (Phi) is 4.59. The van der Waals surface area contributed by atoms with Crippen molar-refractivity contribution in [2.24, 2.45) is 0 Å². The number of halogens is 2. The van der Waals surface area contributed by atoms with Crippen molar-refractivity contribution in [3.63, 3.8) is 0 Å². The van der Waals surface area contributed by atoms with Crippen LogP contribution in [0.4, 0.5) is 14.7 Å². The van der Waals surface area contributed by atoms with E-state index in [1.807, 2.05) is 6.07 Å². The lowest BCUT2D eigenvalue weighted by atomic mass is 10.0. The molecule has 3 heterocycles. The zero-order valence-electron chi connectivity index (χ0n) is 14.0. The van der Waals surface area contributed by atoms with Crippen molar-refractivity contribution in [2.45, 2.75) is 12.6 Å². The minimum atomic E-state index is -0.382. The summed E-state index contributed by atoms with van der Waals surface area (Å²) >= 11 is 0. The normalized spacial score (nSPS) is 19.8. The summed E-state index contributed by atoms with van der Waals surface area (Å²) in [6.45, 7) is 6.06. The monoisotopic (exact) mass is 345 g/mol. The molecule has 0 N–H and O–H groups in total. The van der Waals surface area contributed by atoms with Crippen LogP contribution in [0.15, 0.2) is 36.7 Å². The molecule has 0 saturated carbocycles. The molecule has 2 fully saturated rings. The van der Waals surface area contributed by atoms with E-state index < -0.39 is 0 Å². The Bertz CT molecular complexity index is 713. The molecule has 0 radical (unpaired) electrons. The van der Waals surface area contributed by atoms with Gasteiger partial charge >= 0.3 is 0 Å². The number of nitrogens with zero attached hydrogens (tertiary/aromatic N) is 5. The van der Waals surface area contributed by atoms with Crippen LogP contribution in [-0.2, 0) is 6.54 Å². The summed E-state index contributed by atoms with van der Waals surface area (Å²) in [5.74, 6) is 0.0769. The molecule has 2 saturated heterocycles. The first-order chi connectivity index (χ1) is 12.2. The highest BCUT2D eigenvalue weighted by Gasteiger charge is 2.34. The van der Waals surface area contributed by atoms with Gasteiger partial charge in [-0.2, -0.15) is 0 Å². The van der Waals surface area contributed by atoms with Crippen LogP contribution in [0.25, 0.3) is 0 Å². The summed E-state index contributed by atoms with van der Waals surface area (Å²) in [5, 5.41) is 0. The van der Waals surface area contributed by atoms with Gasteiger partial charge in [0.1, 0.15) is 11.6 Å². The van der Waals surface area contributed by atoms with Crippen molar-refractivity contribution < 1.29 is 8.78 Å². The standard InChI is InChI=1S/C18H21F2N5/c19-15-2-3-17(20)14(10-15)11-23-12-16(13-23)24-6-8-25(9-7-24)18-21-4-1-5-22-18/h1-5,10,16H,6-9,11-13H2. The third-order valence-corrected chi connectivity index (χ3v) is 5.01. The first-order valence-corrected chi connectivity index (χ1v) is 8.61. The molecule has 1 aromatic heterocycles. The summed E-state index contributed by atoms with van der Waals surface area (Å²) in [7, 11) is 0. The van der Waals surface area contributed by atoms with Crippen LogP contribution in [0.2, 0.25) is 0 Å². The fourth-order valence-electron chi connectivity index (χ4n) is 3.55. The van der Waals surface area contributed by atoms with E-state index >= 15 is 0 Å². The van der Waals surface area contributed by atoms with Crippen molar-refractivity contribution in [3.8, 4) is 0 Å². The lowest BCUT2D eigenvalue weighted by molar-refractivity contribution is 0.0248. The van der Waals surface area contributed by atoms with Crippen molar-refractivity contribution in [1.82, 2.24) is 19.8 Å². The highest BCUT2D eigenvalue weighted by Crippen LogP contribution is 2.21. The van der Waals surface area contributed by atoms with Crippen LogP contribution < -0.4 is 4.90 Å². The van der Waals surface area contributed by atoms with Crippen LogP contribution in [0.1, 0.15) is 5.56 Å². The van der Waals surface area contributed by atoms with Gasteiger partial charge in [0, 0.05) is 69.8 Å². The van der Waals surface area contributed by atoms with Gasteiger partial charge in [0.2, 0.25) is 5.95 Å². The molecule has 25 heavy (non-hydrogen) atoms. The molecule has 0 bridgehead atoms. The SMILES string of the molecule is Fc1ccc(F)c(CN2CC(N3CCN(c4ncccn4)CC3)C2)c1. The van der Waals surface area contributed by atoms with Crippen LogP contribution in [0, 0.1) is 11.6 Å². The summed E-state index contributed by atoms with van der Waals surface area (Å²) in [5.41, 5.74) is 0.435. The van der Waals surface area contributed by atoms with Crippen LogP contribution in [0.3, 0.4) is 0 Å². The predicted molar refractivity (Wildman–Crippen MR) is 91.2 cm³/mol. The molecule has 2 aliphatic heterocycles. The highest BCUT2D eigenvalue weighted by molar-refractivity contribution is 5.29. The number of rotatable bonds is 4. The zero-order chi connectivity index (χ0) is 17.2. The van der Waals surface area contributed by atoms with Gasteiger partial charge in [-0.25, -0.2) is 18.7 Å². The van der Waals surface area contributed by atoms with E-state index in [0.717, 1.165) is 51.3 Å². The molecule has 0 atom stereocenters. The number of anilines is 1. The zero-order valence-corrected chi connectivity index (χ0v) is 14.0. The average molecular weight is 345 g/mol. The molecule has 132 valence electrons.